The quantitative estimate of drug-likeness (QED) is 0.199. The first kappa shape index (κ1) is 26.2. The molecule has 0 bridgehead atoms. The van der Waals surface area contributed by atoms with Gasteiger partial charge in [-0.15, -0.1) is 6.58 Å². The number of hydrogen-bond acceptors (Lipinski definition) is 2. The van der Waals surface area contributed by atoms with Crippen LogP contribution in [0.4, 0.5) is 0 Å². The van der Waals surface area contributed by atoms with Crippen LogP contribution in [0.3, 0.4) is 0 Å². The predicted octanol–water partition coefficient (Wildman–Crippen LogP) is 9.83. The maximum atomic E-state index is 4.66. The molecule has 200 valence electrons. The van der Waals surface area contributed by atoms with Gasteiger partial charge < -0.3 is 0 Å². The van der Waals surface area contributed by atoms with Crippen LogP contribution < -0.4 is 0 Å². The summed E-state index contributed by atoms with van der Waals surface area (Å²) in [4.78, 5) is 9.17. The monoisotopic (exact) mass is 522 g/mol. The molecular formula is C38H38N2. The molecule has 0 radical (unpaired) electrons. The van der Waals surface area contributed by atoms with Crippen molar-refractivity contribution in [1.29, 1.82) is 0 Å². The highest BCUT2D eigenvalue weighted by Crippen LogP contribution is 2.51. The molecule has 1 heterocycles. The predicted molar refractivity (Wildman–Crippen MR) is 169 cm³/mol. The van der Waals surface area contributed by atoms with Crippen LogP contribution in [0.2, 0.25) is 0 Å². The molecule has 0 unspecified atom stereocenters. The Kier molecular flexibility index (Phi) is 6.45. The highest BCUT2D eigenvalue weighted by molar-refractivity contribution is 5.93. The summed E-state index contributed by atoms with van der Waals surface area (Å²) in [6.07, 6.45) is 6.89. The summed E-state index contributed by atoms with van der Waals surface area (Å²) in [5.41, 5.74) is 14.8. The van der Waals surface area contributed by atoms with Gasteiger partial charge in [-0.3, -0.25) is 9.97 Å². The second-order valence-corrected chi connectivity index (χ2v) is 12.5. The minimum atomic E-state index is -0.101. The van der Waals surface area contributed by atoms with E-state index in [0.717, 1.165) is 35.9 Å². The third-order valence-electron chi connectivity index (χ3n) is 8.95. The van der Waals surface area contributed by atoms with E-state index in [4.69, 9.17) is 0 Å². The minimum absolute atomic E-state index is 0.0943. The van der Waals surface area contributed by atoms with Gasteiger partial charge in [0.05, 0.1) is 11.0 Å². The highest BCUT2D eigenvalue weighted by atomic mass is 14.8. The van der Waals surface area contributed by atoms with Crippen LogP contribution in [0.5, 0.6) is 0 Å². The number of fused-ring (bicyclic) bond motifs is 4. The Hall–Kier alpha value is -4.04. The topological polar surface area (TPSA) is 25.8 Å². The summed E-state index contributed by atoms with van der Waals surface area (Å²) in [5.74, 6) is 0. The standard InChI is InChI=1S/C38H38N2/c1-25(2)9-7-10-26-13-16-28(17-14-26)37(3,4)29-18-20-32-31-19-15-27(23-33(31)38(5,6)34(32)24-29)30-11-8-12-35-36(30)40-22-21-39-35/h8,11-24H,1,7,9-10H2,2-6H3. The molecule has 2 nitrogen and oxygen atoms in total. The van der Waals surface area contributed by atoms with Crippen molar-refractivity contribution in [2.45, 2.75) is 64.7 Å². The van der Waals surface area contributed by atoms with Crippen molar-refractivity contribution >= 4 is 11.0 Å². The van der Waals surface area contributed by atoms with Crippen LogP contribution in [-0.2, 0) is 17.3 Å². The molecule has 0 saturated heterocycles. The molecule has 4 aromatic carbocycles. The average Bonchev–Trinajstić information content (AvgIpc) is 3.18. The van der Waals surface area contributed by atoms with E-state index in [1.54, 1.807) is 12.4 Å². The van der Waals surface area contributed by atoms with Gasteiger partial charge in [0.1, 0.15) is 0 Å². The Bertz CT molecular complexity index is 1730. The molecule has 0 fully saturated rings. The molecule has 40 heavy (non-hydrogen) atoms. The molecule has 6 rings (SSSR count). The molecule has 0 N–H and O–H groups in total. The fraction of sp³-hybridized carbons (Fsp3) is 0.263. The smallest absolute Gasteiger partial charge is 0.0965 e. The van der Waals surface area contributed by atoms with Gasteiger partial charge in [-0.25, -0.2) is 0 Å². The second kappa shape index (κ2) is 9.86. The normalized spacial score (nSPS) is 13.7. The van der Waals surface area contributed by atoms with Crippen molar-refractivity contribution in [2.24, 2.45) is 0 Å². The zero-order chi connectivity index (χ0) is 28.1. The van der Waals surface area contributed by atoms with Gasteiger partial charge in [0.25, 0.3) is 0 Å². The van der Waals surface area contributed by atoms with Gasteiger partial charge in [0, 0.05) is 28.8 Å². The zero-order valence-electron chi connectivity index (χ0n) is 24.4. The number of aromatic nitrogens is 2. The van der Waals surface area contributed by atoms with Gasteiger partial charge in [-0.05, 0) is 82.8 Å². The van der Waals surface area contributed by atoms with Crippen LogP contribution in [0.15, 0.2) is 103 Å². The molecule has 1 aliphatic rings. The summed E-state index contributed by atoms with van der Waals surface area (Å²) in [6.45, 7) is 15.6. The Morgan fingerprint density at radius 2 is 1.45 bits per heavy atom. The third kappa shape index (κ3) is 4.46. The van der Waals surface area contributed by atoms with Crippen molar-refractivity contribution in [3.63, 3.8) is 0 Å². The van der Waals surface area contributed by atoms with E-state index >= 15 is 0 Å². The van der Waals surface area contributed by atoms with E-state index in [-0.39, 0.29) is 10.8 Å². The zero-order valence-corrected chi connectivity index (χ0v) is 24.4. The molecule has 5 aromatic rings. The number of para-hydroxylation sites is 1. The van der Waals surface area contributed by atoms with E-state index in [1.165, 1.54) is 50.1 Å². The van der Waals surface area contributed by atoms with Crippen LogP contribution >= 0.6 is 0 Å². The number of aryl methyl sites for hydroxylation is 1. The lowest BCUT2D eigenvalue weighted by Crippen LogP contribution is -2.21. The molecule has 0 saturated carbocycles. The second-order valence-electron chi connectivity index (χ2n) is 12.5. The van der Waals surface area contributed by atoms with Crippen molar-refractivity contribution in [2.75, 3.05) is 0 Å². The van der Waals surface area contributed by atoms with Crippen molar-refractivity contribution < 1.29 is 0 Å². The summed E-state index contributed by atoms with van der Waals surface area (Å²) in [7, 11) is 0. The van der Waals surface area contributed by atoms with Gasteiger partial charge in [0.15, 0.2) is 0 Å². The first-order valence-corrected chi connectivity index (χ1v) is 14.4. The molecular weight excluding hydrogens is 484 g/mol. The first-order valence-electron chi connectivity index (χ1n) is 14.4. The van der Waals surface area contributed by atoms with Gasteiger partial charge in [0.2, 0.25) is 0 Å². The Morgan fingerprint density at radius 1 is 0.775 bits per heavy atom. The number of nitrogens with zero attached hydrogens (tertiary/aromatic N) is 2. The molecule has 1 aromatic heterocycles. The number of allylic oxidation sites excluding steroid dienone is 1. The maximum Gasteiger partial charge on any atom is 0.0965 e. The van der Waals surface area contributed by atoms with Crippen molar-refractivity contribution in [3.8, 4) is 22.3 Å². The summed E-state index contributed by atoms with van der Waals surface area (Å²) < 4.78 is 0. The third-order valence-corrected chi connectivity index (χ3v) is 8.95. The fourth-order valence-electron chi connectivity index (χ4n) is 6.37. The number of hydrogen-bond donors (Lipinski definition) is 0. The average molecular weight is 523 g/mol. The maximum absolute atomic E-state index is 4.66. The minimum Gasteiger partial charge on any atom is -0.253 e. The summed E-state index contributed by atoms with van der Waals surface area (Å²) in [5, 5.41) is 0. The highest BCUT2D eigenvalue weighted by Gasteiger charge is 2.37. The van der Waals surface area contributed by atoms with E-state index in [1.807, 2.05) is 6.07 Å². The van der Waals surface area contributed by atoms with E-state index in [0.29, 0.717) is 0 Å². The number of benzene rings is 4. The molecule has 0 atom stereocenters. The molecule has 2 heteroatoms. The molecule has 0 aliphatic heterocycles. The number of rotatable bonds is 7. The van der Waals surface area contributed by atoms with Crippen LogP contribution in [0.1, 0.15) is 75.3 Å². The Balaban J connectivity index is 1.33. The lowest BCUT2D eigenvalue weighted by molar-refractivity contribution is 0.626. The SMILES string of the molecule is C=C(C)CCCc1ccc(C(C)(C)c2ccc3c(c2)C(C)(C)c2cc(-c4cccc5nccnc45)ccc2-3)cc1. The molecule has 0 amide bonds. The fourth-order valence-corrected chi connectivity index (χ4v) is 6.37. The molecule has 1 aliphatic carbocycles. The van der Waals surface area contributed by atoms with Crippen molar-refractivity contribution in [1.82, 2.24) is 9.97 Å². The van der Waals surface area contributed by atoms with Crippen LogP contribution in [0, 0.1) is 0 Å². The molecule has 0 spiro atoms. The Labute approximate surface area is 238 Å². The van der Waals surface area contributed by atoms with Crippen molar-refractivity contribution in [3.05, 3.63) is 131 Å². The Morgan fingerprint density at radius 3 is 2.20 bits per heavy atom. The largest absolute Gasteiger partial charge is 0.253 e. The van der Waals surface area contributed by atoms with E-state index in [9.17, 15) is 0 Å². The van der Waals surface area contributed by atoms with Crippen LogP contribution in [0.25, 0.3) is 33.3 Å². The summed E-state index contributed by atoms with van der Waals surface area (Å²) in [6, 6.07) is 29.6. The lowest BCUT2D eigenvalue weighted by atomic mass is 9.75. The van der Waals surface area contributed by atoms with Crippen LogP contribution in [-0.4, -0.2) is 9.97 Å². The van der Waals surface area contributed by atoms with Gasteiger partial charge in [-0.1, -0.05) is 100.0 Å². The van der Waals surface area contributed by atoms with E-state index in [2.05, 4.69) is 124 Å². The first-order chi connectivity index (χ1) is 19.2. The van der Waals surface area contributed by atoms with Gasteiger partial charge >= 0.3 is 0 Å². The van der Waals surface area contributed by atoms with E-state index < -0.39 is 0 Å². The summed E-state index contributed by atoms with van der Waals surface area (Å²) >= 11 is 0. The lowest BCUT2D eigenvalue weighted by Gasteiger charge is -2.29. The van der Waals surface area contributed by atoms with Gasteiger partial charge in [-0.2, -0.15) is 0 Å².